The first kappa shape index (κ1) is 13.1. The standard InChI is InChI=1S/C14H18FNO2S/c15-13-3-1-2-11(6-13)7-14(9-16-10-14)12-4-5-19(17,18)8-12/h1-3,6,12,16H,4-5,7-10H2. The molecule has 0 bridgehead atoms. The average molecular weight is 283 g/mol. The third kappa shape index (κ3) is 2.54. The molecule has 0 aliphatic carbocycles. The molecule has 3 rings (SSSR count). The maximum atomic E-state index is 13.3. The Morgan fingerprint density at radius 1 is 1.37 bits per heavy atom. The maximum Gasteiger partial charge on any atom is 0.150 e. The molecule has 1 aromatic rings. The fourth-order valence-electron chi connectivity index (χ4n) is 3.34. The SMILES string of the molecule is O=S1(=O)CCC(C2(Cc3cccc(F)c3)CNC2)C1. The second-order valence-corrected chi connectivity index (χ2v) is 8.10. The summed E-state index contributed by atoms with van der Waals surface area (Å²) < 4.78 is 36.6. The predicted octanol–water partition coefficient (Wildman–Crippen LogP) is 1.39. The molecule has 0 amide bonds. The Balaban J connectivity index is 1.80. The molecule has 19 heavy (non-hydrogen) atoms. The highest BCUT2D eigenvalue weighted by atomic mass is 32.2. The van der Waals surface area contributed by atoms with Crippen molar-refractivity contribution in [3.63, 3.8) is 0 Å². The Bertz CT molecular complexity index is 581. The van der Waals surface area contributed by atoms with Crippen LogP contribution in [0.25, 0.3) is 0 Å². The summed E-state index contributed by atoms with van der Waals surface area (Å²) in [5.41, 5.74) is 0.961. The van der Waals surface area contributed by atoms with E-state index in [0.717, 1.165) is 31.5 Å². The van der Waals surface area contributed by atoms with Crippen molar-refractivity contribution in [3.8, 4) is 0 Å². The van der Waals surface area contributed by atoms with Gasteiger partial charge >= 0.3 is 0 Å². The van der Waals surface area contributed by atoms with Crippen molar-refractivity contribution in [3.05, 3.63) is 35.6 Å². The quantitative estimate of drug-likeness (QED) is 0.912. The molecule has 2 fully saturated rings. The Morgan fingerprint density at radius 2 is 2.16 bits per heavy atom. The highest BCUT2D eigenvalue weighted by Crippen LogP contribution is 2.41. The normalized spacial score (nSPS) is 27.9. The van der Waals surface area contributed by atoms with Crippen molar-refractivity contribution in [2.24, 2.45) is 11.3 Å². The number of nitrogens with one attached hydrogen (secondary N) is 1. The zero-order valence-corrected chi connectivity index (χ0v) is 11.5. The van der Waals surface area contributed by atoms with E-state index in [1.807, 2.05) is 6.07 Å². The van der Waals surface area contributed by atoms with E-state index in [1.54, 1.807) is 12.1 Å². The molecule has 0 spiro atoms. The van der Waals surface area contributed by atoms with E-state index in [0.29, 0.717) is 11.5 Å². The fraction of sp³-hybridized carbons (Fsp3) is 0.571. The lowest BCUT2D eigenvalue weighted by atomic mass is 9.67. The molecule has 104 valence electrons. The van der Waals surface area contributed by atoms with Crippen molar-refractivity contribution in [2.45, 2.75) is 12.8 Å². The van der Waals surface area contributed by atoms with Crippen LogP contribution in [0.4, 0.5) is 4.39 Å². The van der Waals surface area contributed by atoms with E-state index < -0.39 is 9.84 Å². The number of halogens is 1. The largest absolute Gasteiger partial charge is 0.315 e. The Morgan fingerprint density at radius 3 is 2.68 bits per heavy atom. The third-order valence-electron chi connectivity index (χ3n) is 4.50. The summed E-state index contributed by atoms with van der Waals surface area (Å²) in [5, 5.41) is 3.25. The summed E-state index contributed by atoms with van der Waals surface area (Å²) in [6.45, 7) is 1.67. The van der Waals surface area contributed by atoms with E-state index in [4.69, 9.17) is 0 Å². The average Bonchev–Trinajstić information content (AvgIpc) is 2.64. The number of benzene rings is 1. The van der Waals surface area contributed by atoms with Gasteiger partial charge in [0.05, 0.1) is 11.5 Å². The van der Waals surface area contributed by atoms with Crippen molar-refractivity contribution in [1.29, 1.82) is 0 Å². The molecular formula is C14H18FNO2S. The molecule has 2 aliphatic rings. The summed E-state index contributed by atoms with van der Waals surface area (Å²) in [7, 11) is -2.86. The maximum absolute atomic E-state index is 13.3. The van der Waals surface area contributed by atoms with E-state index in [-0.39, 0.29) is 17.2 Å². The lowest BCUT2D eigenvalue weighted by molar-refractivity contribution is 0.0924. The van der Waals surface area contributed by atoms with Crippen LogP contribution in [0.1, 0.15) is 12.0 Å². The molecule has 5 heteroatoms. The van der Waals surface area contributed by atoms with Crippen molar-refractivity contribution in [1.82, 2.24) is 5.32 Å². The molecule has 1 N–H and O–H groups in total. The van der Waals surface area contributed by atoms with Crippen LogP contribution in [0, 0.1) is 17.2 Å². The molecule has 1 aromatic carbocycles. The monoisotopic (exact) mass is 283 g/mol. The topological polar surface area (TPSA) is 46.2 Å². The van der Waals surface area contributed by atoms with Gasteiger partial charge in [-0.15, -0.1) is 0 Å². The number of rotatable bonds is 3. The molecular weight excluding hydrogens is 265 g/mol. The predicted molar refractivity (Wildman–Crippen MR) is 72.2 cm³/mol. The molecule has 2 aliphatic heterocycles. The van der Waals surface area contributed by atoms with E-state index in [2.05, 4.69) is 5.32 Å². The van der Waals surface area contributed by atoms with Crippen LogP contribution in [0.15, 0.2) is 24.3 Å². The molecule has 2 heterocycles. The number of hydrogen-bond donors (Lipinski definition) is 1. The smallest absolute Gasteiger partial charge is 0.150 e. The van der Waals surface area contributed by atoms with Crippen LogP contribution in [-0.2, 0) is 16.3 Å². The van der Waals surface area contributed by atoms with Crippen molar-refractivity contribution >= 4 is 9.84 Å². The van der Waals surface area contributed by atoms with E-state index in [1.165, 1.54) is 6.07 Å². The molecule has 0 saturated carbocycles. The Kier molecular flexibility index (Phi) is 3.14. The van der Waals surface area contributed by atoms with Crippen molar-refractivity contribution in [2.75, 3.05) is 24.6 Å². The second-order valence-electron chi connectivity index (χ2n) is 5.87. The van der Waals surface area contributed by atoms with Gasteiger partial charge in [0.15, 0.2) is 9.84 Å². The number of hydrogen-bond acceptors (Lipinski definition) is 3. The van der Waals surface area contributed by atoms with Gasteiger partial charge in [0.25, 0.3) is 0 Å². The lowest BCUT2D eigenvalue weighted by Gasteiger charge is -2.47. The molecule has 0 aromatic heterocycles. The zero-order valence-electron chi connectivity index (χ0n) is 10.7. The van der Waals surface area contributed by atoms with Gasteiger partial charge in [-0.3, -0.25) is 0 Å². The summed E-state index contributed by atoms with van der Waals surface area (Å²) in [5.74, 6) is 0.591. The van der Waals surface area contributed by atoms with E-state index in [9.17, 15) is 12.8 Å². The first-order valence-electron chi connectivity index (χ1n) is 6.65. The van der Waals surface area contributed by atoms with Gasteiger partial charge in [0.2, 0.25) is 0 Å². The first-order valence-corrected chi connectivity index (χ1v) is 8.47. The summed E-state index contributed by atoms with van der Waals surface area (Å²) in [6.07, 6.45) is 1.51. The minimum Gasteiger partial charge on any atom is -0.315 e. The molecule has 2 saturated heterocycles. The molecule has 1 unspecified atom stereocenters. The van der Waals surface area contributed by atoms with E-state index >= 15 is 0 Å². The molecule has 1 atom stereocenters. The van der Waals surface area contributed by atoms with Gasteiger partial charge in [-0.1, -0.05) is 12.1 Å². The zero-order chi connectivity index (χ0) is 13.5. The van der Waals surface area contributed by atoms with Crippen LogP contribution in [0.5, 0.6) is 0 Å². The highest BCUT2D eigenvalue weighted by Gasteiger charge is 2.48. The minimum atomic E-state index is -2.86. The van der Waals surface area contributed by atoms with Crippen LogP contribution in [0.2, 0.25) is 0 Å². The summed E-state index contributed by atoms with van der Waals surface area (Å²) in [6, 6.07) is 6.64. The fourth-order valence-corrected chi connectivity index (χ4v) is 5.28. The Hall–Kier alpha value is -0.940. The molecule has 0 radical (unpaired) electrons. The third-order valence-corrected chi connectivity index (χ3v) is 6.27. The van der Waals surface area contributed by atoms with Crippen LogP contribution < -0.4 is 5.32 Å². The van der Waals surface area contributed by atoms with Gasteiger partial charge in [0.1, 0.15) is 5.82 Å². The van der Waals surface area contributed by atoms with Gasteiger partial charge in [0, 0.05) is 18.5 Å². The highest BCUT2D eigenvalue weighted by molar-refractivity contribution is 7.91. The minimum absolute atomic E-state index is 0.00262. The van der Waals surface area contributed by atoms with Crippen LogP contribution >= 0.6 is 0 Å². The lowest BCUT2D eigenvalue weighted by Crippen LogP contribution is -2.59. The second kappa shape index (κ2) is 4.56. The van der Waals surface area contributed by atoms with Crippen molar-refractivity contribution < 1.29 is 12.8 Å². The van der Waals surface area contributed by atoms with Gasteiger partial charge in [-0.2, -0.15) is 0 Å². The summed E-state index contributed by atoms with van der Waals surface area (Å²) >= 11 is 0. The van der Waals surface area contributed by atoms with Crippen LogP contribution in [0.3, 0.4) is 0 Å². The van der Waals surface area contributed by atoms with Gasteiger partial charge < -0.3 is 5.32 Å². The van der Waals surface area contributed by atoms with Gasteiger partial charge in [-0.25, -0.2) is 12.8 Å². The number of sulfone groups is 1. The first-order chi connectivity index (χ1) is 8.99. The summed E-state index contributed by atoms with van der Waals surface area (Å²) in [4.78, 5) is 0. The van der Waals surface area contributed by atoms with Gasteiger partial charge in [-0.05, 0) is 36.5 Å². The van der Waals surface area contributed by atoms with Crippen LogP contribution in [-0.4, -0.2) is 33.0 Å². The molecule has 3 nitrogen and oxygen atoms in total. The Labute approximate surface area is 113 Å².